The molecule has 0 radical (unpaired) electrons. The van der Waals surface area contributed by atoms with Gasteiger partial charge in [0.1, 0.15) is 6.10 Å². The molecule has 0 aliphatic rings. The normalized spacial score (nSPS) is 13.5. The third-order valence-electron chi connectivity index (χ3n) is 3.34. The van der Waals surface area contributed by atoms with Crippen molar-refractivity contribution in [1.82, 2.24) is 9.78 Å². The molecule has 0 saturated carbocycles. The molecule has 0 aliphatic heterocycles. The molecule has 0 bridgehead atoms. The van der Waals surface area contributed by atoms with Crippen LogP contribution in [0.15, 0.2) is 6.07 Å². The second kappa shape index (κ2) is 7.02. The van der Waals surface area contributed by atoms with Crippen LogP contribution in [0.3, 0.4) is 0 Å². The van der Waals surface area contributed by atoms with E-state index in [9.17, 15) is 4.79 Å². The summed E-state index contributed by atoms with van der Waals surface area (Å²) in [6.45, 7) is 13.5. The number of ether oxygens (including phenoxy) is 1. The van der Waals surface area contributed by atoms with E-state index in [1.165, 1.54) is 0 Å². The van der Waals surface area contributed by atoms with Gasteiger partial charge < -0.3 is 4.74 Å². The van der Waals surface area contributed by atoms with Crippen LogP contribution in [0.5, 0.6) is 0 Å². The Hall–Kier alpha value is -1.16. The van der Waals surface area contributed by atoms with Crippen LogP contribution in [0.1, 0.15) is 52.9 Å². The van der Waals surface area contributed by atoms with Crippen molar-refractivity contribution in [2.45, 2.75) is 67.0 Å². The molecule has 1 aromatic rings. The van der Waals surface area contributed by atoms with Crippen LogP contribution in [-0.4, -0.2) is 28.3 Å². The first-order valence-corrected chi connectivity index (χ1v) is 7.53. The van der Waals surface area contributed by atoms with Crippen LogP contribution in [0.4, 0.5) is 0 Å². The number of ketones is 1. The first-order valence-electron chi connectivity index (χ1n) is 7.53. The summed E-state index contributed by atoms with van der Waals surface area (Å²) in [4.78, 5) is 12.5. The lowest BCUT2D eigenvalue weighted by Crippen LogP contribution is -2.38. The zero-order chi connectivity index (χ0) is 15.3. The van der Waals surface area contributed by atoms with E-state index < -0.39 is 0 Å². The van der Waals surface area contributed by atoms with Crippen molar-refractivity contribution < 1.29 is 9.53 Å². The summed E-state index contributed by atoms with van der Waals surface area (Å²) < 4.78 is 7.59. The first kappa shape index (κ1) is 16.9. The van der Waals surface area contributed by atoms with E-state index in [2.05, 4.69) is 12.0 Å². The van der Waals surface area contributed by atoms with Gasteiger partial charge in [0.25, 0.3) is 0 Å². The average molecular weight is 280 g/mol. The molecule has 1 unspecified atom stereocenters. The molecule has 20 heavy (non-hydrogen) atoms. The Bertz CT molecular complexity index is 444. The third kappa shape index (κ3) is 4.17. The molecule has 0 N–H and O–H groups in total. The van der Waals surface area contributed by atoms with Crippen molar-refractivity contribution in [3.63, 3.8) is 0 Å². The van der Waals surface area contributed by atoms with Gasteiger partial charge >= 0.3 is 0 Å². The predicted molar refractivity (Wildman–Crippen MR) is 80.9 cm³/mol. The first-order chi connectivity index (χ1) is 9.33. The fourth-order valence-electron chi connectivity index (χ4n) is 2.37. The minimum absolute atomic E-state index is 0.136. The topological polar surface area (TPSA) is 44.1 Å². The Labute approximate surface area is 122 Å². The summed E-state index contributed by atoms with van der Waals surface area (Å²) in [5.41, 5.74) is 1.85. The van der Waals surface area contributed by atoms with Gasteiger partial charge in [-0.05, 0) is 31.7 Å². The van der Waals surface area contributed by atoms with Crippen molar-refractivity contribution in [2.75, 3.05) is 6.61 Å². The third-order valence-corrected chi connectivity index (χ3v) is 3.34. The van der Waals surface area contributed by atoms with E-state index in [0.717, 1.165) is 24.4 Å². The number of carbonyl (C=O) groups is 1. The van der Waals surface area contributed by atoms with Gasteiger partial charge in [0, 0.05) is 18.8 Å². The molecule has 0 saturated heterocycles. The lowest BCUT2D eigenvalue weighted by Gasteiger charge is -2.29. The van der Waals surface area contributed by atoms with Crippen molar-refractivity contribution in [3.05, 3.63) is 17.5 Å². The quantitative estimate of drug-likeness (QED) is 0.771. The fourth-order valence-corrected chi connectivity index (χ4v) is 2.37. The van der Waals surface area contributed by atoms with Crippen LogP contribution in [-0.2, 0) is 28.9 Å². The number of Topliss-reactive ketones (excluding diaryl/α,β-unsaturated/α-hetero) is 1. The highest BCUT2D eigenvalue weighted by Crippen LogP contribution is 2.24. The Morgan fingerprint density at radius 2 is 2.00 bits per heavy atom. The van der Waals surface area contributed by atoms with E-state index in [-0.39, 0.29) is 17.3 Å². The Kier molecular flexibility index (Phi) is 5.93. The summed E-state index contributed by atoms with van der Waals surface area (Å²) in [6.07, 6.45) is 0.920. The highest BCUT2D eigenvalue weighted by molar-refractivity contribution is 5.85. The van der Waals surface area contributed by atoms with Crippen molar-refractivity contribution in [3.8, 4) is 0 Å². The number of hydrogen-bond donors (Lipinski definition) is 0. The average Bonchev–Trinajstić information content (AvgIpc) is 2.76. The van der Waals surface area contributed by atoms with Crippen molar-refractivity contribution in [1.29, 1.82) is 0 Å². The van der Waals surface area contributed by atoms with Crippen LogP contribution < -0.4 is 0 Å². The minimum atomic E-state index is -0.363. The molecule has 4 nitrogen and oxygen atoms in total. The number of hydrogen-bond acceptors (Lipinski definition) is 3. The zero-order valence-corrected chi connectivity index (χ0v) is 13.7. The van der Waals surface area contributed by atoms with Crippen molar-refractivity contribution >= 4 is 5.78 Å². The number of aromatic nitrogens is 2. The van der Waals surface area contributed by atoms with Crippen LogP contribution in [0.2, 0.25) is 0 Å². The van der Waals surface area contributed by atoms with Crippen LogP contribution in [0, 0.1) is 5.41 Å². The molecule has 0 fully saturated rings. The second-order valence-corrected chi connectivity index (χ2v) is 6.14. The molecule has 0 aromatic carbocycles. The van der Waals surface area contributed by atoms with Gasteiger partial charge in [-0.15, -0.1) is 0 Å². The molecular formula is C16H28N2O2. The zero-order valence-electron chi connectivity index (χ0n) is 13.7. The van der Waals surface area contributed by atoms with Gasteiger partial charge in [-0.25, -0.2) is 0 Å². The van der Waals surface area contributed by atoms with Crippen LogP contribution in [0.25, 0.3) is 0 Å². The molecule has 0 spiro atoms. The van der Waals surface area contributed by atoms with Gasteiger partial charge in [-0.3, -0.25) is 9.48 Å². The lowest BCUT2D eigenvalue weighted by molar-refractivity contribution is -0.136. The molecule has 4 heteroatoms. The molecule has 1 rings (SSSR count). The van der Waals surface area contributed by atoms with Crippen molar-refractivity contribution in [2.24, 2.45) is 5.41 Å². The standard InChI is InChI=1S/C16H28N2O2/c1-7-12-10-13(18(8-2)17-12)11-14(19)15(20-9-3)16(4,5)6/h10,15H,7-9,11H2,1-6H3. The van der Waals surface area contributed by atoms with Gasteiger partial charge in [-0.2, -0.15) is 5.10 Å². The Morgan fingerprint density at radius 3 is 2.45 bits per heavy atom. The lowest BCUT2D eigenvalue weighted by atomic mass is 9.85. The Morgan fingerprint density at radius 1 is 1.35 bits per heavy atom. The van der Waals surface area contributed by atoms with E-state index in [1.807, 2.05) is 45.4 Å². The monoisotopic (exact) mass is 280 g/mol. The summed E-state index contributed by atoms with van der Waals surface area (Å²) in [7, 11) is 0. The van der Waals surface area contributed by atoms with E-state index in [1.54, 1.807) is 0 Å². The molecule has 1 atom stereocenters. The van der Waals surface area contributed by atoms with Crippen LogP contribution >= 0.6 is 0 Å². The predicted octanol–water partition coefficient (Wildman–Crippen LogP) is 3.03. The summed E-state index contributed by atoms with van der Waals surface area (Å²) in [5, 5.41) is 4.49. The number of rotatable bonds is 7. The number of carbonyl (C=O) groups excluding carboxylic acids is 1. The highest BCUT2D eigenvalue weighted by atomic mass is 16.5. The molecule has 114 valence electrons. The van der Waals surface area contributed by atoms with E-state index in [4.69, 9.17) is 4.74 Å². The summed E-state index contributed by atoms with van der Waals surface area (Å²) in [5.74, 6) is 0.136. The molecule has 0 aliphatic carbocycles. The van der Waals surface area contributed by atoms with Gasteiger partial charge in [0.2, 0.25) is 0 Å². The Balaban J connectivity index is 2.90. The largest absolute Gasteiger partial charge is 0.370 e. The van der Waals surface area contributed by atoms with Gasteiger partial charge in [0.05, 0.1) is 12.1 Å². The summed E-state index contributed by atoms with van der Waals surface area (Å²) in [6, 6.07) is 2.03. The fraction of sp³-hybridized carbons (Fsp3) is 0.750. The molecule has 0 amide bonds. The van der Waals surface area contributed by atoms with Gasteiger partial charge in [0.15, 0.2) is 5.78 Å². The maximum absolute atomic E-state index is 12.5. The minimum Gasteiger partial charge on any atom is -0.370 e. The van der Waals surface area contributed by atoms with Gasteiger partial charge in [-0.1, -0.05) is 27.7 Å². The SMILES string of the molecule is CCOC(C(=O)Cc1cc(CC)nn1CC)C(C)(C)C. The number of nitrogens with zero attached hydrogens (tertiary/aromatic N) is 2. The van der Waals surface area contributed by atoms with E-state index in [0.29, 0.717) is 13.0 Å². The second-order valence-electron chi connectivity index (χ2n) is 6.14. The smallest absolute Gasteiger partial charge is 0.168 e. The molecule has 1 heterocycles. The maximum Gasteiger partial charge on any atom is 0.168 e. The summed E-state index contributed by atoms with van der Waals surface area (Å²) >= 11 is 0. The molecule has 1 aromatic heterocycles. The molecular weight excluding hydrogens is 252 g/mol. The van der Waals surface area contributed by atoms with E-state index >= 15 is 0 Å². The highest BCUT2D eigenvalue weighted by Gasteiger charge is 2.32. The number of aryl methyl sites for hydroxylation is 2. The maximum atomic E-state index is 12.5.